The van der Waals surface area contributed by atoms with Gasteiger partial charge in [0.15, 0.2) is 6.10 Å². The molecule has 0 aromatic carbocycles. The van der Waals surface area contributed by atoms with Crippen LogP contribution in [0.25, 0.3) is 0 Å². The molecule has 1 rings (SSSR count). The van der Waals surface area contributed by atoms with Gasteiger partial charge in [-0.1, -0.05) is 179 Å². The van der Waals surface area contributed by atoms with E-state index in [-0.39, 0.29) is 12.8 Å². The lowest BCUT2D eigenvalue weighted by Crippen LogP contribution is -2.64. The number of hydrogen-bond acceptors (Lipinski definition) is 12. The van der Waals surface area contributed by atoms with Crippen molar-refractivity contribution in [1.29, 1.82) is 0 Å². The van der Waals surface area contributed by atoms with Crippen LogP contribution in [0.4, 0.5) is 0 Å². The summed E-state index contributed by atoms with van der Waals surface area (Å²) in [6.45, 7) is 3.28. The number of allylic oxidation sites excluding steroid dienone is 4. The molecule has 0 heterocycles. The fourth-order valence-electron chi connectivity index (χ4n) is 7.55. The molecule has 0 spiro atoms. The SMILES string of the molecule is CCCCC/C=C\C/C=C\CCCCCCCC(=O)O[C@H](COC(=O)CCCCCCCCCCCCCCCCCCCC)COP(=O)(O)OC1C(O)C(O)C(O)[C@@H](O)C1O. The highest BCUT2D eigenvalue weighted by Gasteiger charge is 2.51. The summed E-state index contributed by atoms with van der Waals surface area (Å²) in [5, 5.41) is 50.2. The number of aliphatic hydroxyl groups is 5. The first-order valence-corrected chi connectivity index (χ1v) is 26.1. The molecule has 8 atom stereocenters. The van der Waals surface area contributed by atoms with Gasteiger partial charge in [0.1, 0.15) is 43.2 Å². The Labute approximate surface area is 375 Å². The molecule has 13 nitrogen and oxygen atoms in total. The third-order valence-corrected chi connectivity index (χ3v) is 12.5. The van der Waals surface area contributed by atoms with Crippen LogP contribution in [0.3, 0.4) is 0 Å². The fourth-order valence-corrected chi connectivity index (χ4v) is 8.53. The highest BCUT2D eigenvalue weighted by atomic mass is 31.2. The molecule has 364 valence electrons. The molecule has 1 saturated carbocycles. The van der Waals surface area contributed by atoms with Crippen LogP contribution in [0.1, 0.15) is 213 Å². The molecule has 0 saturated heterocycles. The molecule has 6 unspecified atom stereocenters. The molecule has 0 radical (unpaired) electrons. The third kappa shape index (κ3) is 30.5. The second-order valence-corrected chi connectivity index (χ2v) is 18.7. The highest BCUT2D eigenvalue weighted by molar-refractivity contribution is 7.47. The van der Waals surface area contributed by atoms with Gasteiger partial charge in [-0.05, 0) is 44.9 Å². The lowest BCUT2D eigenvalue weighted by atomic mass is 9.85. The van der Waals surface area contributed by atoms with E-state index in [9.17, 15) is 44.6 Å². The second kappa shape index (κ2) is 38.6. The summed E-state index contributed by atoms with van der Waals surface area (Å²) < 4.78 is 33.6. The van der Waals surface area contributed by atoms with Crippen LogP contribution in [0.2, 0.25) is 0 Å². The predicted molar refractivity (Wildman–Crippen MR) is 244 cm³/mol. The van der Waals surface area contributed by atoms with Gasteiger partial charge < -0.3 is 39.9 Å². The van der Waals surface area contributed by atoms with Gasteiger partial charge in [-0.15, -0.1) is 0 Å². The minimum absolute atomic E-state index is 0.0834. The molecule has 0 bridgehead atoms. The van der Waals surface area contributed by atoms with Gasteiger partial charge in [-0.3, -0.25) is 18.6 Å². The van der Waals surface area contributed by atoms with Gasteiger partial charge in [0, 0.05) is 12.8 Å². The number of ether oxygens (including phenoxy) is 2. The van der Waals surface area contributed by atoms with Crippen LogP contribution in [0.15, 0.2) is 24.3 Å². The van der Waals surface area contributed by atoms with Crippen molar-refractivity contribution in [3.8, 4) is 0 Å². The van der Waals surface area contributed by atoms with Gasteiger partial charge in [0.05, 0.1) is 6.61 Å². The zero-order valence-electron chi connectivity index (χ0n) is 38.7. The van der Waals surface area contributed by atoms with Crippen molar-refractivity contribution >= 4 is 19.8 Å². The number of esters is 2. The van der Waals surface area contributed by atoms with Gasteiger partial charge in [0.2, 0.25) is 0 Å². The number of carbonyl (C=O) groups is 2. The molecule has 0 aromatic heterocycles. The zero-order chi connectivity index (χ0) is 45.7. The number of rotatable bonds is 41. The maximum atomic E-state index is 12.8. The van der Waals surface area contributed by atoms with Crippen molar-refractivity contribution in [3.63, 3.8) is 0 Å². The van der Waals surface area contributed by atoms with Crippen LogP contribution in [-0.4, -0.2) is 98.3 Å². The van der Waals surface area contributed by atoms with Gasteiger partial charge in [0.25, 0.3) is 0 Å². The number of hydrogen-bond donors (Lipinski definition) is 6. The summed E-state index contributed by atoms with van der Waals surface area (Å²) in [6, 6.07) is 0. The van der Waals surface area contributed by atoms with Crippen molar-refractivity contribution in [2.24, 2.45) is 0 Å². The van der Waals surface area contributed by atoms with Gasteiger partial charge in [-0.2, -0.15) is 0 Å². The average Bonchev–Trinajstić information content (AvgIpc) is 3.25. The minimum Gasteiger partial charge on any atom is -0.462 e. The lowest BCUT2D eigenvalue weighted by molar-refractivity contribution is -0.220. The van der Waals surface area contributed by atoms with Crippen molar-refractivity contribution in [2.75, 3.05) is 13.2 Å². The smallest absolute Gasteiger partial charge is 0.462 e. The van der Waals surface area contributed by atoms with Crippen molar-refractivity contribution in [3.05, 3.63) is 24.3 Å². The van der Waals surface area contributed by atoms with E-state index in [1.807, 2.05) is 0 Å². The minimum atomic E-state index is -5.12. The first-order chi connectivity index (χ1) is 29.9. The average molecular weight is 905 g/mol. The molecule has 62 heavy (non-hydrogen) atoms. The fraction of sp³-hybridized carbons (Fsp3) is 0.875. The van der Waals surface area contributed by atoms with E-state index in [1.54, 1.807) is 0 Å². The predicted octanol–water partition coefficient (Wildman–Crippen LogP) is 10.0. The topological polar surface area (TPSA) is 210 Å². The Bertz CT molecular complexity index is 1180. The van der Waals surface area contributed by atoms with Crippen LogP contribution in [-0.2, 0) is 32.7 Å². The number of carbonyl (C=O) groups excluding carboxylic acids is 2. The normalized spacial score (nSPS) is 22.0. The highest BCUT2D eigenvalue weighted by Crippen LogP contribution is 2.47. The first kappa shape index (κ1) is 58.3. The molecule has 1 fully saturated rings. The van der Waals surface area contributed by atoms with Crippen LogP contribution >= 0.6 is 7.82 Å². The summed E-state index contributed by atoms with van der Waals surface area (Å²) in [5.74, 6) is -1.11. The van der Waals surface area contributed by atoms with E-state index in [1.165, 1.54) is 109 Å². The number of unbranched alkanes of at least 4 members (excludes halogenated alkanes) is 25. The largest absolute Gasteiger partial charge is 0.472 e. The Morgan fingerprint density at radius 2 is 0.871 bits per heavy atom. The number of aliphatic hydroxyl groups excluding tert-OH is 5. The monoisotopic (exact) mass is 905 g/mol. The molecule has 1 aliphatic carbocycles. The Morgan fingerprint density at radius 3 is 1.34 bits per heavy atom. The molecule has 6 N–H and O–H groups in total. The van der Waals surface area contributed by atoms with Crippen LogP contribution < -0.4 is 0 Å². The third-order valence-electron chi connectivity index (χ3n) is 11.5. The van der Waals surface area contributed by atoms with Gasteiger partial charge in [-0.25, -0.2) is 4.57 Å². The van der Waals surface area contributed by atoms with E-state index in [0.717, 1.165) is 64.2 Å². The van der Waals surface area contributed by atoms with E-state index in [4.69, 9.17) is 18.5 Å². The van der Waals surface area contributed by atoms with Crippen LogP contribution in [0, 0.1) is 0 Å². The maximum absolute atomic E-state index is 12.8. The van der Waals surface area contributed by atoms with E-state index in [0.29, 0.717) is 12.8 Å². The Kier molecular flexibility index (Phi) is 36.3. The molecule has 0 aliphatic heterocycles. The molecule has 0 amide bonds. The number of phosphoric ester groups is 1. The summed E-state index contributed by atoms with van der Waals surface area (Å²) in [4.78, 5) is 35.8. The molecular formula is C48H89O13P. The second-order valence-electron chi connectivity index (χ2n) is 17.3. The summed E-state index contributed by atoms with van der Waals surface area (Å²) in [5.41, 5.74) is 0. The standard InChI is InChI=1S/C48H89O13P/c1-3-5-7-9-11-13-15-17-19-20-21-23-24-26-28-30-32-34-36-41(49)58-38-40(39-59-62(56,57)61-48-46(54)44(52)43(51)45(53)47(48)55)60-42(50)37-35-33-31-29-27-25-22-18-16-14-12-10-8-6-4-2/h12,14,18,22,40,43-48,51-55H,3-11,13,15-17,19-21,23-39H2,1-2H3,(H,56,57)/b14-12-,22-18-/t40-,43?,44-,45?,46?,47?,48?/m1/s1. The zero-order valence-corrected chi connectivity index (χ0v) is 39.6. The van der Waals surface area contributed by atoms with Crippen LogP contribution in [0.5, 0.6) is 0 Å². The van der Waals surface area contributed by atoms with E-state index < -0.39 is 75.7 Å². The van der Waals surface area contributed by atoms with Crippen molar-refractivity contribution < 1.29 is 63.1 Å². The first-order valence-electron chi connectivity index (χ1n) is 24.6. The quantitative estimate of drug-likeness (QED) is 0.0146. The molecule has 0 aromatic rings. The summed E-state index contributed by atoms with van der Waals surface area (Å²) >= 11 is 0. The molecule has 14 heteroatoms. The molecule has 1 aliphatic rings. The van der Waals surface area contributed by atoms with Crippen molar-refractivity contribution in [2.45, 2.75) is 256 Å². The Morgan fingerprint density at radius 1 is 0.500 bits per heavy atom. The maximum Gasteiger partial charge on any atom is 0.472 e. The number of phosphoric acid groups is 1. The van der Waals surface area contributed by atoms with E-state index >= 15 is 0 Å². The Hall–Kier alpha value is -1.67. The lowest BCUT2D eigenvalue weighted by Gasteiger charge is -2.41. The van der Waals surface area contributed by atoms with Gasteiger partial charge >= 0.3 is 19.8 Å². The summed E-state index contributed by atoms with van der Waals surface area (Å²) in [6.07, 6.45) is 29.4. The summed E-state index contributed by atoms with van der Waals surface area (Å²) in [7, 11) is -5.12. The van der Waals surface area contributed by atoms with E-state index in [2.05, 4.69) is 38.2 Å². The molecular weight excluding hydrogens is 815 g/mol. The Balaban J connectivity index is 2.42. The van der Waals surface area contributed by atoms with Crippen molar-refractivity contribution in [1.82, 2.24) is 0 Å².